The molecule has 0 bridgehead atoms. The van der Waals surface area contributed by atoms with E-state index in [4.69, 9.17) is 14.2 Å². The molecule has 4 amide bonds. The van der Waals surface area contributed by atoms with Crippen LogP contribution in [0.4, 0.5) is 4.79 Å². The van der Waals surface area contributed by atoms with Crippen LogP contribution in [0.3, 0.4) is 0 Å². The van der Waals surface area contributed by atoms with Crippen LogP contribution >= 0.6 is 0 Å². The predicted octanol–water partition coefficient (Wildman–Crippen LogP) is 1.94. The average molecular weight is 425 g/mol. The topological polar surface area (TPSA) is 106 Å². The highest BCUT2D eigenvalue weighted by Crippen LogP contribution is 2.33. The maximum absolute atomic E-state index is 12.6. The summed E-state index contributed by atoms with van der Waals surface area (Å²) in [4.78, 5) is 38.2. The summed E-state index contributed by atoms with van der Waals surface area (Å²) in [6.07, 6.45) is 0.362. The van der Waals surface area contributed by atoms with Gasteiger partial charge in [-0.1, -0.05) is 18.2 Å². The molecule has 162 valence electrons. The van der Waals surface area contributed by atoms with Gasteiger partial charge in [-0.25, -0.2) is 4.79 Å². The van der Waals surface area contributed by atoms with Crippen LogP contribution < -0.4 is 24.8 Å². The number of nitrogens with one attached hydrogen (secondary N) is 2. The van der Waals surface area contributed by atoms with E-state index in [2.05, 4.69) is 10.6 Å². The molecule has 2 aliphatic heterocycles. The normalized spacial score (nSPS) is 16.9. The standard InChI is InChI=1S/C22H23N3O6/c1-29-16-5-2-14(3-6-16)11-23-20(26)9-7-17-21(27)25(22(28)24-17)12-15-4-8-18-19(10-15)31-13-30-18/h2-6,8,10,17H,7,9,11-13H2,1H3,(H,23,26)(H,24,28)/t17-/m1/s1. The zero-order valence-corrected chi connectivity index (χ0v) is 17.1. The highest BCUT2D eigenvalue weighted by Gasteiger charge is 2.38. The van der Waals surface area contributed by atoms with Gasteiger partial charge < -0.3 is 24.8 Å². The Kier molecular flexibility index (Phi) is 5.92. The first-order chi connectivity index (χ1) is 15.0. The van der Waals surface area contributed by atoms with Gasteiger partial charge in [0, 0.05) is 13.0 Å². The van der Waals surface area contributed by atoms with Crippen molar-refractivity contribution < 1.29 is 28.6 Å². The first-order valence-corrected chi connectivity index (χ1v) is 9.93. The Bertz CT molecular complexity index is 991. The molecular formula is C22H23N3O6. The number of rotatable bonds is 8. The third-order valence-electron chi connectivity index (χ3n) is 5.19. The van der Waals surface area contributed by atoms with Crippen LogP contribution in [0.2, 0.25) is 0 Å². The fraction of sp³-hybridized carbons (Fsp3) is 0.318. The summed E-state index contributed by atoms with van der Waals surface area (Å²) in [5.74, 6) is 1.45. The number of amides is 4. The average Bonchev–Trinajstić information content (AvgIpc) is 3.36. The lowest BCUT2D eigenvalue weighted by Gasteiger charge is -2.13. The van der Waals surface area contributed by atoms with Gasteiger partial charge in [-0.3, -0.25) is 14.5 Å². The quantitative estimate of drug-likeness (QED) is 0.626. The number of imide groups is 1. The molecule has 2 aliphatic rings. The second-order valence-electron chi connectivity index (χ2n) is 7.28. The second kappa shape index (κ2) is 8.95. The van der Waals surface area contributed by atoms with Gasteiger partial charge in [0.2, 0.25) is 12.7 Å². The number of nitrogens with zero attached hydrogens (tertiary/aromatic N) is 1. The molecule has 0 radical (unpaired) electrons. The van der Waals surface area contributed by atoms with Gasteiger partial charge in [0.1, 0.15) is 11.8 Å². The largest absolute Gasteiger partial charge is 0.497 e. The number of ether oxygens (including phenoxy) is 3. The monoisotopic (exact) mass is 425 g/mol. The van der Waals surface area contributed by atoms with E-state index < -0.39 is 12.1 Å². The zero-order valence-electron chi connectivity index (χ0n) is 17.1. The minimum absolute atomic E-state index is 0.126. The SMILES string of the molecule is COc1ccc(CNC(=O)CC[C@H]2NC(=O)N(Cc3ccc4c(c3)OCO4)C2=O)cc1. The van der Waals surface area contributed by atoms with E-state index in [0.717, 1.165) is 21.8 Å². The molecule has 0 saturated carbocycles. The van der Waals surface area contributed by atoms with Crippen LogP contribution in [0.15, 0.2) is 42.5 Å². The van der Waals surface area contributed by atoms with Gasteiger partial charge in [-0.15, -0.1) is 0 Å². The van der Waals surface area contributed by atoms with E-state index in [1.807, 2.05) is 24.3 Å². The first kappa shape index (κ1) is 20.5. The smallest absolute Gasteiger partial charge is 0.325 e. The Morgan fingerprint density at radius 2 is 1.87 bits per heavy atom. The molecule has 0 aromatic heterocycles. The van der Waals surface area contributed by atoms with Crippen LogP contribution in [-0.2, 0) is 22.7 Å². The Hall–Kier alpha value is -3.75. The number of urea groups is 1. The second-order valence-corrected chi connectivity index (χ2v) is 7.28. The van der Waals surface area contributed by atoms with Crippen molar-refractivity contribution in [1.29, 1.82) is 0 Å². The van der Waals surface area contributed by atoms with Crippen LogP contribution in [0.5, 0.6) is 17.2 Å². The molecule has 31 heavy (non-hydrogen) atoms. The Morgan fingerprint density at radius 1 is 1.13 bits per heavy atom. The molecule has 2 N–H and O–H groups in total. The van der Waals surface area contributed by atoms with Crippen LogP contribution in [-0.4, -0.2) is 42.7 Å². The number of carbonyl (C=O) groups is 3. The number of methoxy groups -OCH3 is 1. The van der Waals surface area contributed by atoms with E-state index in [1.165, 1.54) is 0 Å². The zero-order chi connectivity index (χ0) is 21.8. The fourth-order valence-electron chi connectivity index (χ4n) is 3.45. The highest BCUT2D eigenvalue weighted by molar-refractivity contribution is 6.04. The van der Waals surface area contributed by atoms with Crippen LogP contribution in [0.1, 0.15) is 24.0 Å². The molecular weight excluding hydrogens is 402 g/mol. The molecule has 0 unspecified atom stereocenters. The summed E-state index contributed by atoms with van der Waals surface area (Å²) in [5.41, 5.74) is 1.69. The Labute approximate surface area is 179 Å². The van der Waals surface area contributed by atoms with Crippen molar-refractivity contribution in [2.75, 3.05) is 13.9 Å². The van der Waals surface area contributed by atoms with Gasteiger partial charge in [0.15, 0.2) is 11.5 Å². The van der Waals surface area contributed by atoms with E-state index >= 15 is 0 Å². The van der Waals surface area contributed by atoms with E-state index in [1.54, 1.807) is 25.3 Å². The lowest BCUT2D eigenvalue weighted by molar-refractivity contribution is -0.128. The van der Waals surface area contributed by atoms with Crippen molar-refractivity contribution in [3.05, 3.63) is 53.6 Å². The fourth-order valence-corrected chi connectivity index (χ4v) is 3.45. The maximum Gasteiger partial charge on any atom is 0.325 e. The van der Waals surface area contributed by atoms with Gasteiger partial charge in [-0.2, -0.15) is 0 Å². The summed E-state index contributed by atoms with van der Waals surface area (Å²) in [5, 5.41) is 5.47. The minimum atomic E-state index is -0.715. The van der Waals surface area contributed by atoms with Crippen molar-refractivity contribution in [1.82, 2.24) is 15.5 Å². The molecule has 2 aromatic rings. The lowest BCUT2D eigenvalue weighted by atomic mass is 10.1. The minimum Gasteiger partial charge on any atom is -0.497 e. The number of hydrogen-bond donors (Lipinski definition) is 2. The van der Waals surface area contributed by atoms with Gasteiger partial charge in [0.25, 0.3) is 5.91 Å². The number of fused-ring (bicyclic) bond motifs is 1. The molecule has 2 aromatic carbocycles. The summed E-state index contributed by atoms with van der Waals surface area (Å²) < 4.78 is 15.7. The summed E-state index contributed by atoms with van der Waals surface area (Å²) in [6.45, 7) is 0.663. The lowest BCUT2D eigenvalue weighted by Crippen LogP contribution is -2.32. The molecule has 0 spiro atoms. The molecule has 4 rings (SSSR count). The number of carbonyl (C=O) groups excluding carboxylic acids is 3. The summed E-state index contributed by atoms with van der Waals surface area (Å²) in [7, 11) is 1.59. The predicted molar refractivity (Wildman–Crippen MR) is 110 cm³/mol. The van der Waals surface area contributed by atoms with E-state index in [9.17, 15) is 14.4 Å². The van der Waals surface area contributed by atoms with Crippen molar-refractivity contribution in [3.63, 3.8) is 0 Å². The third-order valence-corrected chi connectivity index (χ3v) is 5.19. The van der Waals surface area contributed by atoms with Crippen molar-refractivity contribution in [3.8, 4) is 17.2 Å². The molecule has 0 aliphatic carbocycles. The molecule has 1 atom stereocenters. The molecule has 1 saturated heterocycles. The molecule has 1 fully saturated rings. The number of hydrogen-bond acceptors (Lipinski definition) is 6. The molecule has 9 nitrogen and oxygen atoms in total. The molecule has 2 heterocycles. The summed E-state index contributed by atoms with van der Waals surface area (Å²) >= 11 is 0. The maximum atomic E-state index is 12.6. The first-order valence-electron chi connectivity index (χ1n) is 9.93. The third kappa shape index (κ3) is 4.71. The van der Waals surface area contributed by atoms with Crippen molar-refractivity contribution >= 4 is 17.8 Å². The Morgan fingerprint density at radius 3 is 2.65 bits per heavy atom. The Balaban J connectivity index is 1.26. The van der Waals surface area contributed by atoms with Gasteiger partial charge in [0.05, 0.1) is 13.7 Å². The van der Waals surface area contributed by atoms with Crippen LogP contribution in [0, 0.1) is 0 Å². The van der Waals surface area contributed by atoms with Crippen molar-refractivity contribution in [2.45, 2.75) is 32.0 Å². The highest BCUT2D eigenvalue weighted by atomic mass is 16.7. The van der Waals surface area contributed by atoms with Gasteiger partial charge >= 0.3 is 6.03 Å². The molecule has 9 heteroatoms. The summed E-state index contributed by atoms with van der Waals surface area (Å²) in [6, 6.07) is 11.5. The van der Waals surface area contributed by atoms with E-state index in [0.29, 0.717) is 18.0 Å². The number of benzene rings is 2. The van der Waals surface area contributed by atoms with E-state index in [-0.39, 0.29) is 38.0 Å². The van der Waals surface area contributed by atoms with Crippen molar-refractivity contribution in [2.24, 2.45) is 0 Å². The van der Waals surface area contributed by atoms with Gasteiger partial charge in [-0.05, 0) is 41.8 Å². The van der Waals surface area contributed by atoms with Crippen LogP contribution in [0.25, 0.3) is 0 Å².